The third kappa shape index (κ3) is 2.30. The molecule has 1 heterocycles. The average molecular weight is 213 g/mol. The smallest absolute Gasteiger partial charge is 0.242 e. The highest BCUT2D eigenvalue weighted by atomic mass is 16.3. The summed E-state index contributed by atoms with van der Waals surface area (Å²) in [7, 11) is 0. The predicted octanol–water partition coefficient (Wildman–Crippen LogP) is -1.39. The van der Waals surface area contributed by atoms with Gasteiger partial charge < -0.3 is 15.7 Å². The molecule has 15 heavy (non-hydrogen) atoms. The monoisotopic (exact) mass is 213 g/mol. The topological polar surface area (TPSA) is 69.8 Å². The molecule has 5 heteroatoms. The van der Waals surface area contributed by atoms with Crippen LogP contribution in [-0.4, -0.2) is 65.7 Å². The second-order valence-electron chi connectivity index (χ2n) is 4.51. The number of carbonyl (C=O) groups excluding carboxylic acids is 1. The lowest BCUT2D eigenvalue weighted by Gasteiger charge is -2.35. The quantitative estimate of drug-likeness (QED) is 0.606. The maximum Gasteiger partial charge on any atom is 0.242 e. The fourth-order valence-electron chi connectivity index (χ4n) is 1.98. The summed E-state index contributed by atoms with van der Waals surface area (Å²) in [5.74, 6) is 0.117. The van der Waals surface area contributed by atoms with Crippen molar-refractivity contribution in [2.45, 2.75) is 18.4 Å². The van der Waals surface area contributed by atoms with E-state index in [1.807, 2.05) is 4.90 Å². The van der Waals surface area contributed by atoms with Crippen LogP contribution in [0.5, 0.6) is 0 Å². The number of hydrogen-bond donors (Lipinski definition) is 2. The third-order valence-corrected chi connectivity index (χ3v) is 3.29. The lowest BCUT2D eigenvalue weighted by atomic mass is 10.2. The van der Waals surface area contributed by atoms with Gasteiger partial charge in [0.05, 0.1) is 12.1 Å². The molecular formula is C10H19N3O2. The Morgan fingerprint density at radius 3 is 2.33 bits per heavy atom. The highest BCUT2D eigenvalue weighted by molar-refractivity contribution is 5.89. The van der Waals surface area contributed by atoms with E-state index in [0.29, 0.717) is 6.54 Å². The average Bonchev–Trinajstić information content (AvgIpc) is 2.99. The Bertz CT molecular complexity index is 245. The number of amides is 1. The van der Waals surface area contributed by atoms with Crippen molar-refractivity contribution < 1.29 is 9.90 Å². The molecule has 1 saturated carbocycles. The predicted molar refractivity (Wildman–Crippen MR) is 56.3 cm³/mol. The molecule has 2 aliphatic rings. The van der Waals surface area contributed by atoms with E-state index >= 15 is 0 Å². The lowest BCUT2D eigenvalue weighted by molar-refractivity contribution is -0.135. The van der Waals surface area contributed by atoms with Gasteiger partial charge in [0, 0.05) is 32.7 Å². The molecule has 0 radical (unpaired) electrons. The summed E-state index contributed by atoms with van der Waals surface area (Å²) >= 11 is 0. The van der Waals surface area contributed by atoms with Crippen molar-refractivity contribution in [2.75, 3.05) is 39.3 Å². The van der Waals surface area contributed by atoms with Gasteiger partial charge in [0.15, 0.2) is 0 Å². The Labute approximate surface area is 89.8 Å². The summed E-state index contributed by atoms with van der Waals surface area (Å²) in [5.41, 5.74) is 5.34. The van der Waals surface area contributed by atoms with Crippen LogP contribution in [0.1, 0.15) is 12.8 Å². The standard InChI is InChI=1S/C10H19N3O2/c11-10(1-2-10)9(15)13-5-3-12(4-6-13)7-8-14/h14H,1-8,11H2. The molecular weight excluding hydrogens is 194 g/mol. The Kier molecular flexibility index (Phi) is 2.95. The Balaban J connectivity index is 1.80. The van der Waals surface area contributed by atoms with Crippen molar-refractivity contribution in [1.82, 2.24) is 9.80 Å². The summed E-state index contributed by atoms with van der Waals surface area (Å²) < 4.78 is 0. The summed E-state index contributed by atoms with van der Waals surface area (Å²) in [5, 5.41) is 8.79. The molecule has 0 aromatic heterocycles. The molecule has 2 rings (SSSR count). The number of nitrogens with zero attached hydrogens (tertiary/aromatic N) is 2. The maximum absolute atomic E-state index is 11.9. The largest absolute Gasteiger partial charge is 0.395 e. The van der Waals surface area contributed by atoms with Crippen molar-refractivity contribution in [3.8, 4) is 0 Å². The van der Waals surface area contributed by atoms with Crippen molar-refractivity contribution in [2.24, 2.45) is 5.73 Å². The lowest BCUT2D eigenvalue weighted by Crippen LogP contribution is -2.54. The van der Waals surface area contributed by atoms with E-state index in [1.54, 1.807) is 0 Å². The van der Waals surface area contributed by atoms with Gasteiger partial charge in [-0.25, -0.2) is 0 Å². The summed E-state index contributed by atoms with van der Waals surface area (Å²) in [6.07, 6.45) is 1.67. The molecule has 3 N–H and O–H groups in total. The van der Waals surface area contributed by atoms with E-state index in [4.69, 9.17) is 10.8 Å². The van der Waals surface area contributed by atoms with Gasteiger partial charge in [-0.05, 0) is 12.8 Å². The second-order valence-corrected chi connectivity index (χ2v) is 4.51. The number of nitrogens with two attached hydrogens (primary N) is 1. The van der Waals surface area contributed by atoms with Crippen LogP contribution in [-0.2, 0) is 4.79 Å². The zero-order chi connectivity index (χ0) is 10.9. The van der Waals surface area contributed by atoms with Gasteiger partial charge >= 0.3 is 0 Å². The molecule has 5 nitrogen and oxygen atoms in total. The van der Waals surface area contributed by atoms with Gasteiger partial charge in [0.2, 0.25) is 5.91 Å². The minimum atomic E-state index is -0.529. The molecule has 2 fully saturated rings. The molecule has 1 saturated heterocycles. The zero-order valence-electron chi connectivity index (χ0n) is 8.98. The second kappa shape index (κ2) is 4.08. The van der Waals surface area contributed by atoms with Crippen LogP contribution in [0, 0.1) is 0 Å². The molecule has 1 amide bonds. The summed E-state index contributed by atoms with van der Waals surface area (Å²) in [6, 6.07) is 0. The molecule has 1 aliphatic heterocycles. The van der Waals surface area contributed by atoms with E-state index in [2.05, 4.69) is 4.90 Å². The van der Waals surface area contributed by atoms with E-state index in [-0.39, 0.29) is 12.5 Å². The van der Waals surface area contributed by atoms with E-state index in [0.717, 1.165) is 39.0 Å². The van der Waals surface area contributed by atoms with E-state index in [9.17, 15) is 4.79 Å². The van der Waals surface area contributed by atoms with E-state index < -0.39 is 5.54 Å². The number of β-amino-alcohol motifs (C(OH)–C–C–N with tert-alkyl or cyclic N) is 1. The minimum Gasteiger partial charge on any atom is -0.395 e. The molecule has 0 atom stereocenters. The normalized spacial score (nSPS) is 25.3. The van der Waals surface area contributed by atoms with E-state index in [1.165, 1.54) is 0 Å². The molecule has 0 unspecified atom stereocenters. The van der Waals surface area contributed by atoms with Gasteiger partial charge in [-0.2, -0.15) is 0 Å². The van der Waals surface area contributed by atoms with Crippen LogP contribution in [0.3, 0.4) is 0 Å². The van der Waals surface area contributed by atoms with Crippen LogP contribution in [0.15, 0.2) is 0 Å². The van der Waals surface area contributed by atoms with Gasteiger partial charge in [0.25, 0.3) is 0 Å². The Morgan fingerprint density at radius 1 is 1.27 bits per heavy atom. The first kappa shape index (κ1) is 10.9. The number of aliphatic hydroxyl groups excluding tert-OH is 1. The summed E-state index contributed by atoms with van der Waals surface area (Å²) in [6.45, 7) is 4.09. The van der Waals surface area contributed by atoms with Gasteiger partial charge in [-0.15, -0.1) is 0 Å². The Morgan fingerprint density at radius 2 is 1.87 bits per heavy atom. The SMILES string of the molecule is NC1(C(=O)N2CCN(CCO)CC2)CC1. The number of piperazine rings is 1. The highest BCUT2D eigenvalue weighted by Crippen LogP contribution is 2.34. The fourth-order valence-corrected chi connectivity index (χ4v) is 1.98. The number of carbonyl (C=O) groups is 1. The first-order valence-corrected chi connectivity index (χ1v) is 5.57. The van der Waals surface area contributed by atoms with Gasteiger partial charge in [0.1, 0.15) is 0 Å². The van der Waals surface area contributed by atoms with Crippen LogP contribution in [0.2, 0.25) is 0 Å². The number of aliphatic hydroxyl groups is 1. The number of hydrogen-bond acceptors (Lipinski definition) is 4. The Hall–Kier alpha value is -0.650. The van der Waals surface area contributed by atoms with Gasteiger partial charge in [-0.1, -0.05) is 0 Å². The van der Waals surface area contributed by atoms with Crippen LogP contribution in [0.4, 0.5) is 0 Å². The number of rotatable bonds is 3. The molecule has 86 valence electrons. The fraction of sp³-hybridized carbons (Fsp3) is 0.900. The van der Waals surface area contributed by atoms with Crippen molar-refractivity contribution in [3.05, 3.63) is 0 Å². The van der Waals surface area contributed by atoms with Crippen molar-refractivity contribution >= 4 is 5.91 Å². The van der Waals surface area contributed by atoms with Crippen molar-refractivity contribution in [3.63, 3.8) is 0 Å². The van der Waals surface area contributed by atoms with Crippen LogP contribution < -0.4 is 5.73 Å². The first-order valence-electron chi connectivity index (χ1n) is 5.57. The molecule has 1 aliphatic carbocycles. The molecule has 0 aromatic carbocycles. The highest BCUT2D eigenvalue weighted by Gasteiger charge is 2.48. The molecule has 0 bridgehead atoms. The van der Waals surface area contributed by atoms with Crippen molar-refractivity contribution in [1.29, 1.82) is 0 Å². The van der Waals surface area contributed by atoms with Crippen LogP contribution >= 0.6 is 0 Å². The third-order valence-electron chi connectivity index (χ3n) is 3.29. The summed E-state index contributed by atoms with van der Waals surface area (Å²) in [4.78, 5) is 15.9. The minimum absolute atomic E-state index is 0.117. The zero-order valence-corrected chi connectivity index (χ0v) is 8.98. The van der Waals surface area contributed by atoms with Gasteiger partial charge in [-0.3, -0.25) is 9.69 Å². The first-order chi connectivity index (χ1) is 7.15. The molecule has 0 spiro atoms. The molecule has 0 aromatic rings. The maximum atomic E-state index is 11.9. The van der Waals surface area contributed by atoms with Crippen LogP contribution in [0.25, 0.3) is 0 Å².